The number of aromatic nitrogens is 3. The zero-order valence-corrected chi connectivity index (χ0v) is 19.1. The van der Waals surface area contributed by atoms with Crippen LogP contribution in [0.4, 0.5) is 10.8 Å². The van der Waals surface area contributed by atoms with Crippen LogP contribution in [-0.4, -0.2) is 20.4 Å². The average molecular weight is 483 g/mol. The van der Waals surface area contributed by atoms with E-state index in [1.165, 1.54) is 29.2 Å². The second kappa shape index (κ2) is 8.12. The number of aryl methyl sites for hydroxylation is 1. The predicted molar refractivity (Wildman–Crippen MR) is 124 cm³/mol. The van der Waals surface area contributed by atoms with Crippen LogP contribution in [0.1, 0.15) is 23.7 Å². The van der Waals surface area contributed by atoms with Gasteiger partial charge in [-0.3, -0.25) is 19.1 Å². The van der Waals surface area contributed by atoms with E-state index in [4.69, 9.17) is 0 Å². The van der Waals surface area contributed by atoms with Crippen LogP contribution in [0.2, 0.25) is 0 Å². The molecule has 1 amide bonds. The van der Waals surface area contributed by atoms with Crippen LogP contribution in [0.5, 0.6) is 0 Å². The Morgan fingerprint density at radius 1 is 1.23 bits per heavy atom. The van der Waals surface area contributed by atoms with Crippen molar-refractivity contribution < 1.29 is 4.79 Å². The highest BCUT2D eigenvalue weighted by Gasteiger charge is 2.20. The molecule has 0 aliphatic heterocycles. The number of benzene rings is 2. The predicted octanol–water partition coefficient (Wildman–Crippen LogP) is 4.97. The van der Waals surface area contributed by atoms with Gasteiger partial charge in [0, 0.05) is 16.8 Å². The van der Waals surface area contributed by atoms with Crippen LogP contribution in [0, 0.1) is 13.8 Å². The minimum absolute atomic E-state index is 0.112. The van der Waals surface area contributed by atoms with Crippen molar-refractivity contribution in [3.63, 3.8) is 0 Å². The maximum Gasteiger partial charge on any atom is 0.261 e. The summed E-state index contributed by atoms with van der Waals surface area (Å²) in [6, 6.07) is 11.3. The van der Waals surface area contributed by atoms with E-state index in [9.17, 15) is 9.59 Å². The topological polar surface area (TPSA) is 68.1 Å². The molecule has 30 heavy (non-hydrogen) atoms. The van der Waals surface area contributed by atoms with Crippen LogP contribution in [-0.2, 0) is 11.3 Å². The largest absolute Gasteiger partial charge is 0.293 e. The highest BCUT2D eigenvalue weighted by Crippen LogP contribution is 2.32. The fourth-order valence-electron chi connectivity index (χ4n) is 3.28. The van der Waals surface area contributed by atoms with E-state index in [-0.39, 0.29) is 18.0 Å². The van der Waals surface area contributed by atoms with E-state index in [0.717, 1.165) is 21.3 Å². The number of anilines is 2. The zero-order chi connectivity index (χ0) is 21.4. The van der Waals surface area contributed by atoms with E-state index >= 15 is 0 Å². The Morgan fingerprint density at radius 3 is 2.80 bits per heavy atom. The van der Waals surface area contributed by atoms with Crippen LogP contribution in [0.3, 0.4) is 0 Å². The van der Waals surface area contributed by atoms with Gasteiger partial charge < -0.3 is 0 Å². The highest BCUT2D eigenvalue weighted by atomic mass is 79.9. The van der Waals surface area contributed by atoms with Gasteiger partial charge in [0.15, 0.2) is 5.13 Å². The van der Waals surface area contributed by atoms with E-state index in [2.05, 4.69) is 25.9 Å². The van der Waals surface area contributed by atoms with Gasteiger partial charge in [-0.15, -0.1) is 11.3 Å². The van der Waals surface area contributed by atoms with Crippen molar-refractivity contribution in [3.05, 3.63) is 79.8 Å². The van der Waals surface area contributed by atoms with Crippen LogP contribution in [0.25, 0.3) is 10.9 Å². The van der Waals surface area contributed by atoms with Gasteiger partial charge >= 0.3 is 0 Å². The molecule has 8 heteroatoms. The lowest BCUT2D eigenvalue weighted by Crippen LogP contribution is -2.24. The molecule has 0 aliphatic carbocycles. The fourth-order valence-corrected chi connectivity index (χ4v) is 4.51. The fraction of sp³-hybridized carbons (Fsp3) is 0.182. The molecular formula is C22H19BrN4O2S. The monoisotopic (exact) mass is 482 g/mol. The number of rotatable bonds is 4. The molecule has 6 nitrogen and oxygen atoms in total. The lowest BCUT2D eigenvalue weighted by atomic mass is 10.1. The van der Waals surface area contributed by atoms with Gasteiger partial charge in [0.25, 0.3) is 5.56 Å². The third-order valence-electron chi connectivity index (χ3n) is 4.98. The number of hydrogen-bond donors (Lipinski definition) is 0. The molecule has 2 aromatic carbocycles. The summed E-state index contributed by atoms with van der Waals surface area (Å²) in [7, 11) is 0. The molecule has 0 fully saturated rings. The quantitative estimate of drug-likeness (QED) is 0.411. The molecule has 0 atom stereocenters. The lowest BCUT2D eigenvalue weighted by Gasteiger charge is -2.21. The third kappa shape index (κ3) is 3.80. The molecule has 0 radical (unpaired) electrons. The minimum Gasteiger partial charge on any atom is -0.293 e. The Labute approximate surface area is 186 Å². The van der Waals surface area contributed by atoms with Gasteiger partial charge in [-0.1, -0.05) is 28.1 Å². The molecule has 4 rings (SSSR count). The van der Waals surface area contributed by atoms with Gasteiger partial charge in [0.05, 0.1) is 35.2 Å². The number of halogens is 1. The molecular weight excluding hydrogens is 464 g/mol. The van der Waals surface area contributed by atoms with Crippen LogP contribution >= 0.6 is 27.3 Å². The first kappa shape index (κ1) is 20.4. The van der Waals surface area contributed by atoms with Crippen molar-refractivity contribution in [3.8, 4) is 0 Å². The number of amides is 1. The maximum atomic E-state index is 12.9. The summed E-state index contributed by atoms with van der Waals surface area (Å²) in [5.74, 6) is -0.112. The number of thiazole rings is 1. The van der Waals surface area contributed by atoms with E-state index in [0.29, 0.717) is 21.7 Å². The van der Waals surface area contributed by atoms with Gasteiger partial charge in [0.1, 0.15) is 0 Å². The summed E-state index contributed by atoms with van der Waals surface area (Å²) in [4.78, 5) is 35.9. The minimum atomic E-state index is -0.131. The number of hydrogen-bond acceptors (Lipinski definition) is 5. The summed E-state index contributed by atoms with van der Waals surface area (Å²) in [5, 5.41) is 2.99. The summed E-state index contributed by atoms with van der Waals surface area (Å²) in [6.07, 6.45) is 1.53. The summed E-state index contributed by atoms with van der Waals surface area (Å²) >= 11 is 4.78. The summed E-state index contributed by atoms with van der Waals surface area (Å²) in [6.45, 7) is 5.82. The Morgan fingerprint density at radius 2 is 2.03 bits per heavy atom. The molecule has 0 saturated carbocycles. The molecule has 4 aromatic rings. The van der Waals surface area contributed by atoms with Gasteiger partial charge in [-0.25, -0.2) is 9.97 Å². The van der Waals surface area contributed by atoms with Crippen molar-refractivity contribution in [2.75, 3.05) is 4.90 Å². The molecule has 2 aromatic heterocycles. The van der Waals surface area contributed by atoms with Gasteiger partial charge in [0.2, 0.25) is 5.91 Å². The van der Waals surface area contributed by atoms with E-state index in [1.807, 2.05) is 43.5 Å². The standard InChI is InChI=1S/C22H19BrN4O2S/c1-13-5-4-6-20(14(13)2)27(15(3)28)22-25-17(11-30-22)10-26-12-24-19-8-7-16(23)9-18(19)21(26)29/h4-9,11-12H,10H2,1-3H3. The van der Waals surface area contributed by atoms with Crippen LogP contribution in [0.15, 0.2) is 57.4 Å². The first-order valence-electron chi connectivity index (χ1n) is 9.31. The second-order valence-corrected chi connectivity index (χ2v) is 8.79. The SMILES string of the molecule is CC(=O)N(c1nc(Cn2cnc3ccc(Br)cc3c2=O)cs1)c1cccc(C)c1C. The normalized spacial score (nSPS) is 11.1. The lowest BCUT2D eigenvalue weighted by molar-refractivity contribution is -0.115. The summed E-state index contributed by atoms with van der Waals surface area (Å²) < 4.78 is 2.36. The van der Waals surface area contributed by atoms with Crippen molar-refractivity contribution in [2.24, 2.45) is 0 Å². The van der Waals surface area contributed by atoms with Crippen molar-refractivity contribution in [1.29, 1.82) is 0 Å². The Balaban J connectivity index is 1.69. The number of nitrogens with zero attached hydrogens (tertiary/aromatic N) is 4. The van der Waals surface area contributed by atoms with Crippen molar-refractivity contribution in [2.45, 2.75) is 27.3 Å². The molecule has 0 N–H and O–H groups in total. The first-order chi connectivity index (χ1) is 14.3. The van der Waals surface area contributed by atoms with Gasteiger partial charge in [-0.05, 0) is 49.2 Å². The Bertz CT molecular complexity index is 1330. The highest BCUT2D eigenvalue weighted by molar-refractivity contribution is 9.10. The van der Waals surface area contributed by atoms with Crippen LogP contribution < -0.4 is 10.5 Å². The Kier molecular flexibility index (Phi) is 5.53. The molecule has 0 saturated heterocycles. The maximum absolute atomic E-state index is 12.9. The zero-order valence-electron chi connectivity index (χ0n) is 16.7. The molecule has 0 spiro atoms. The van der Waals surface area contributed by atoms with E-state index < -0.39 is 0 Å². The number of carbonyl (C=O) groups is 1. The van der Waals surface area contributed by atoms with Crippen molar-refractivity contribution in [1.82, 2.24) is 14.5 Å². The summed E-state index contributed by atoms with van der Waals surface area (Å²) in [5.41, 5.74) is 4.17. The average Bonchev–Trinajstić information content (AvgIpc) is 3.16. The second-order valence-electron chi connectivity index (χ2n) is 7.03. The molecule has 0 unspecified atom stereocenters. The number of carbonyl (C=O) groups excluding carboxylic acids is 1. The molecule has 0 bridgehead atoms. The smallest absolute Gasteiger partial charge is 0.261 e. The number of fused-ring (bicyclic) bond motifs is 1. The molecule has 152 valence electrons. The molecule has 0 aliphatic rings. The third-order valence-corrected chi connectivity index (χ3v) is 6.35. The van der Waals surface area contributed by atoms with Gasteiger partial charge in [-0.2, -0.15) is 0 Å². The molecule has 2 heterocycles. The van der Waals surface area contributed by atoms with E-state index in [1.54, 1.807) is 17.0 Å². The first-order valence-corrected chi connectivity index (χ1v) is 11.0. The Hall–Kier alpha value is -2.84. The van der Waals surface area contributed by atoms with Crippen molar-refractivity contribution >= 4 is 54.9 Å².